The number of nitrogens with zero attached hydrogens (tertiary/aromatic N) is 2. The van der Waals surface area contributed by atoms with Crippen LogP contribution in [-0.4, -0.2) is 21.8 Å². The van der Waals surface area contributed by atoms with Crippen LogP contribution in [0.5, 0.6) is 5.75 Å². The maximum absolute atomic E-state index is 13.3. The number of aromatic nitrogens is 2. The number of hydrogen-bond acceptors (Lipinski definition) is 4. The van der Waals surface area contributed by atoms with Gasteiger partial charge in [-0.15, -0.1) is 13.2 Å². The van der Waals surface area contributed by atoms with E-state index in [1.807, 2.05) is 0 Å². The number of imidazole rings is 1. The number of amides is 1. The quantitative estimate of drug-likeness (QED) is 0.235. The van der Waals surface area contributed by atoms with Gasteiger partial charge in [-0.3, -0.25) is 4.79 Å². The SMILES string of the molecule is CC1CC(n2c(Nc3ccc(OC(F)(F)F)cc3)nc3ccc(C(=O)Nc4ccc(F)cc4)cc32)CC(C)(C)C1. The molecule has 1 heterocycles. The molecule has 3 aromatic carbocycles. The summed E-state index contributed by atoms with van der Waals surface area (Å²) in [5.41, 5.74) is 2.97. The van der Waals surface area contributed by atoms with Gasteiger partial charge in [0.1, 0.15) is 11.6 Å². The molecule has 0 aliphatic heterocycles. The van der Waals surface area contributed by atoms with Gasteiger partial charge in [-0.2, -0.15) is 0 Å². The molecule has 1 saturated carbocycles. The zero-order valence-corrected chi connectivity index (χ0v) is 22.3. The average molecular weight is 555 g/mol. The van der Waals surface area contributed by atoms with Gasteiger partial charge >= 0.3 is 6.36 Å². The molecule has 5 rings (SSSR count). The Bertz CT molecular complexity index is 1510. The molecule has 6 nitrogen and oxygen atoms in total. The second kappa shape index (κ2) is 10.5. The van der Waals surface area contributed by atoms with Gasteiger partial charge in [0.25, 0.3) is 5.91 Å². The first-order valence-corrected chi connectivity index (χ1v) is 13.1. The maximum Gasteiger partial charge on any atom is 0.573 e. The van der Waals surface area contributed by atoms with Crippen LogP contribution < -0.4 is 15.4 Å². The molecule has 2 atom stereocenters. The number of anilines is 3. The van der Waals surface area contributed by atoms with Gasteiger partial charge in [0.15, 0.2) is 0 Å². The van der Waals surface area contributed by atoms with Crippen LogP contribution in [0.25, 0.3) is 11.0 Å². The summed E-state index contributed by atoms with van der Waals surface area (Å²) in [6.07, 6.45) is -1.88. The molecule has 1 aliphatic rings. The number of nitrogens with one attached hydrogen (secondary N) is 2. The summed E-state index contributed by atoms with van der Waals surface area (Å²) in [5.74, 6) is -0.0524. The van der Waals surface area contributed by atoms with E-state index in [2.05, 4.69) is 40.7 Å². The number of hydrogen-bond donors (Lipinski definition) is 2. The number of alkyl halides is 3. The summed E-state index contributed by atoms with van der Waals surface area (Å²) < 4.78 is 57.2. The van der Waals surface area contributed by atoms with Gasteiger partial charge in [-0.05, 0) is 97.3 Å². The molecular formula is C30H30F4N4O2. The number of fused-ring (bicyclic) bond motifs is 1. The number of rotatable bonds is 6. The zero-order chi connectivity index (χ0) is 28.7. The fourth-order valence-electron chi connectivity index (χ4n) is 5.79. The highest BCUT2D eigenvalue weighted by Crippen LogP contribution is 2.46. The zero-order valence-electron chi connectivity index (χ0n) is 22.3. The van der Waals surface area contributed by atoms with E-state index in [1.54, 1.807) is 18.2 Å². The molecule has 1 fully saturated rings. The van der Waals surface area contributed by atoms with Gasteiger partial charge in [-0.25, -0.2) is 9.37 Å². The Morgan fingerprint density at radius 3 is 2.33 bits per heavy atom. The largest absolute Gasteiger partial charge is 0.573 e. The minimum atomic E-state index is -4.77. The standard InChI is InChI=1S/C30H30F4N4O2/c1-18-14-23(17-29(2,3)16-18)38-26-15-19(27(39)35-21-7-5-20(31)6-8-21)4-13-25(26)37-28(38)36-22-9-11-24(12-10-22)40-30(32,33)34/h4-13,15,18,23H,14,16-17H2,1-3H3,(H,35,39)(H,36,37). The lowest BCUT2D eigenvalue weighted by atomic mass is 9.70. The molecule has 0 saturated heterocycles. The second-order valence-corrected chi connectivity index (χ2v) is 11.2. The van der Waals surface area contributed by atoms with Crippen molar-refractivity contribution >= 4 is 34.3 Å². The molecule has 1 aromatic heterocycles. The number of carbonyl (C=O) groups is 1. The number of halogens is 4. The molecule has 0 bridgehead atoms. The van der Waals surface area contributed by atoms with Gasteiger partial charge in [0.2, 0.25) is 5.95 Å². The van der Waals surface area contributed by atoms with Gasteiger partial charge in [0.05, 0.1) is 11.0 Å². The Morgan fingerprint density at radius 2 is 1.68 bits per heavy atom. The van der Waals surface area contributed by atoms with Crippen LogP contribution in [0.2, 0.25) is 0 Å². The topological polar surface area (TPSA) is 68.2 Å². The maximum atomic E-state index is 13.3. The molecular weight excluding hydrogens is 524 g/mol. The number of benzene rings is 3. The monoisotopic (exact) mass is 554 g/mol. The summed E-state index contributed by atoms with van der Waals surface area (Å²) >= 11 is 0. The molecule has 2 unspecified atom stereocenters. The summed E-state index contributed by atoms with van der Waals surface area (Å²) in [6.45, 7) is 6.70. The van der Waals surface area contributed by atoms with E-state index in [0.29, 0.717) is 34.3 Å². The first kappa shape index (κ1) is 27.5. The van der Waals surface area contributed by atoms with Gasteiger partial charge < -0.3 is 19.9 Å². The normalized spacial score (nSPS) is 18.9. The lowest BCUT2D eigenvalue weighted by Gasteiger charge is -2.40. The Kier molecular flexibility index (Phi) is 7.20. The van der Waals surface area contributed by atoms with Crippen molar-refractivity contribution < 1.29 is 27.1 Å². The number of carbonyl (C=O) groups excluding carboxylic acids is 1. The minimum absolute atomic E-state index is 0.0782. The summed E-state index contributed by atoms with van der Waals surface area (Å²) in [5, 5.41) is 6.06. The average Bonchev–Trinajstić information content (AvgIpc) is 3.21. The van der Waals surface area contributed by atoms with E-state index in [1.165, 1.54) is 48.5 Å². The molecule has 40 heavy (non-hydrogen) atoms. The van der Waals surface area contributed by atoms with E-state index in [4.69, 9.17) is 4.98 Å². The van der Waals surface area contributed by atoms with Crippen molar-refractivity contribution in [2.75, 3.05) is 10.6 Å². The predicted octanol–water partition coefficient (Wildman–Crippen LogP) is 8.46. The van der Waals surface area contributed by atoms with E-state index >= 15 is 0 Å². The van der Waals surface area contributed by atoms with Gasteiger partial charge in [-0.1, -0.05) is 20.8 Å². The van der Waals surface area contributed by atoms with Crippen molar-refractivity contribution in [3.8, 4) is 5.75 Å². The van der Waals surface area contributed by atoms with E-state index in [9.17, 15) is 22.4 Å². The van der Waals surface area contributed by atoms with E-state index < -0.39 is 12.2 Å². The third kappa shape index (κ3) is 6.38. The highest BCUT2D eigenvalue weighted by molar-refractivity contribution is 6.06. The van der Waals surface area contributed by atoms with Crippen molar-refractivity contribution in [1.82, 2.24) is 9.55 Å². The third-order valence-corrected chi connectivity index (χ3v) is 7.13. The van der Waals surface area contributed by atoms with E-state index in [-0.39, 0.29) is 23.1 Å². The molecule has 0 spiro atoms. The summed E-state index contributed by atoms with van der Waals surface area (Å²) in [4.78, 5) is 17.9. The lowest BCUT2D eigenvalue weighted by Crippen LogP contribution is -2.29. The third-order valence-electron chi connectivity index (χ3n) is 7.13. The predicted molar refractivity (Wildman–Crippen MR) is 146 cm³/mol. The van der Waals surface area contributed by atoms with Crippen LogP contribution in [0.4, 0.5) is 34.9 Å². The van der Waals surface area contributed by atoms with E-state index in [0.717, 1.165) is 24.8 Å². The Morgan fingerprint density at radius 1 is 1.00 bits per heavy atom. The molecule has 10 heteroatoms. The molecule has 0 radical (unpaired) electrons. The van der Waals surface area contributed by atoms with Crippen LogP contribution in [0.15, 0.2) is 66.7 Å². The first-order valence-electron chi connectivity index (χ1n) is 13.1. The molecule has 1 amide bonds. The van der Waals surface area contributed by atoms with Crippen LogP contribution in [0.3, 0.4) is 0 Å². The first-order chi connectivity index (χ1) is 18.8. The van der Waals surface area contributed by atoms with Crippen LogP contribution in [-0.2, 0) is 0 Å². The second-order valence-electron chi connectivity index (χ2n) is 11.2. The minimum Gasteiger partial charge on any atom is -0.406 e. The molecule has 210 valence electrons. The smallest absolute Gasteiger partial charge is 0.406 e. The summed E-state index contributed by atoms with van der Waals surface area (Å²) in [7, 11) is 0. The van der Waals surface area contributed by atoms with Crippen molar-refractivity contribution in [3.05, 3.63) is 78.1 Å². The molecule has 2 N–H and O–H groups in total. The fraction of sp³-hybridized carbons (Fsp3) is 0.333. The highest BCUT2D eigenvalue weighted by atomic mass is 19.4. The Balaban J connectivity index is 1.51. The van der Waals surface area contributed by atoms with Crippen LogP contribution in [0.1, 0.15) is 56.4 Å². The fourth-order valence-corrected chi connectivity index (χ4v) is 5.79. The molecule has 4 aromatic rings. The van der Waals surface area contributed by atoms with Crippen LogP contribution >= 0.6 is 0 Å². The van der Waals surface area contributed by atoms with Crippen molar-refractivity contribution in [1.29, 1.82) is 0 Å². The highest BCUT2D eigenvalue weighted by Gasteiger charge is 2.35. The van der Waals surface area contributed by atoms with Crippen LogP contribution in [0, 0.1) is 17.2 Å². The lowest BCUT2D eigenvalue weighted by molar-refractivity contribution is -0.274. The van der Waals surface area contributed by atoms with Crippen molar-refractivity contribution in [2.24, 2.45) is 11.3 Å². The Hall–Kier alpha value is -4.08. The molecule has 1 aliphatic carbocycles. The van der Waals surface area contributed by atoms with Crippen molar-refractivity contribution in [3.63, 3.8) is 0 Å². The number of ether oxygens (including phenoxy) is 1. The van der Waals surface area contributed by atoms with Crippen molar-refractivity contribution in [2.45, 2.75) is 52.4 Å². The van der Waals surface area contributed by atoms with Gasteiger partial charge in [0, 0.05) is 23.0 Å². The summed E-state index contributed by atoms with van der Waals surface area (Å²) in [6, 6.07) is 16.3. The Labute approximate surface area is 229 Å².